The molecule has 1 aromatic heterocycles. The van der Waals surface area contributed by atoms with Gasteiger partial charge in [0.2, 0.25) is 0 Å². The number of rotatable bonds is 4. The maximum atomic E-state index is 14.4. The van der Waals surface area contributed by atoms with Crippen LogP contribution in [0.4, 0.5) is 4.39 Å². The van der Waals surface area contributed by atoms with E-state index in [9.17, 15) is 4.39 Å². The van der Waals surface area contributed by atoms with Crippen LogP contribution in [0, 0.1) is 26.6 Å². The molecule has 0 aliphatic rings. The standard InChI is InChI=1S/C16H20FN3/c1-5-18-16(14-9-19-12(4)8-20-14)15-11(3)6-10(2)7-13(15)17/h6-9,16,18H,5H2,1-4H3. The van der Waals surface area contributed by atoms with Gasteiger partial charge in [-0.25, -0.2) is 4.39 Å². The van der Waals surface area contributed by atoms with Crippen LogP contribution < -0.4 is 5.32 Å². The first-order valence-electron chi connectivity index (χ1n) is 6.81. The second kappa shape index (κ2) is 6.09. The van der Waals surface area contributed by atoms with Crippen molar-refractivity contribution in [3.63, 3.8) is 0 Å². The van der Waals surface area contributed by atoms with Gasteiger partial charge >= 0.3 is 0 Å². The van der Waals surface area contributed by atoms with E-state index in [-0.39, 0.29) is 11.9 Å². The fourth-order valence-electron chi connectivity index (χ4n) is 2.40. The highest BCUT2D eigenvalue weighted by atomic mass is 19.1. The Morgan fingerprint density at radius 2 is 1.90 bits per heavy atom. The second-order valence-corrected chi connectivity index (χ2v) is 5.05. The molecule has 0 fully saturated rings. The molecule has 0 amide bonds. The van der Waals surface area contributed by atoms with Crippen molar-refractivity contribution in [1.29, 1.82) is 0 Å². The van der Waals surface area contributed by atoms with Gasteiger partial charge in [0.05, 0.1) is 23.6 Å². The van der Waals surface area contributed by atoms with Crippen molar-refractivity contribution in [2.45, 2.75) is 33.7 Å². The average Bonchev–Trinajstić information content (AvgIpc) is 2.37. The number of aryl methyl sites for hydroxylation is 3. The molecule has 106 valence electrons. The molecule has 3 nitrogen and oxygen atoms in total. The van der Waals surface area contributed by atoms with Gasteiger partial charge in [-0.3, -0.25) is 9.97 Å². The van der Waals surface area contributed by atoms with Crippen LogP contribution in [0.1, 0.15) is 41.0 Å². The van der Waals surface area contributed by atoms with Gasteiger partial charge in [0.25, 0.3) is 0 Å². The van der Waals surface area contributed by atoms with Gasteiger partial charge in [0.15, 0.2) is 0 Å². The Morgan fingerprint density at radius 3 is 2.45 bits per heavy atom. The Bertz CT molecular complexity index is 570. The van der Waals surface area contributed by atoms with Crippen LogP contribution >= 0.6 is 0 Å². The van der Waals surface area contributed by atoms with E-state index < -0.39 is 0 Å². The van der Waals surface area contributed by atoms with Gasteiger partial charge in [-0.05, 0) is 44.5 Å². The van der Waals surface area contributed by atoms with Crippen molar-refractivity contribution in [2.24, 2.45) is 0 Å². The molecule has 0 radical (unpaired) electrons. The lowest BCUT2D eigenvalue weighted by Crippen LogP contribution is -2.25. The van der Waals surface area contributed by atoms with Crippen molar-refractivity contribution in [2.75, 3.05) is 6.54 Å². The van der Waals surface area contributed by atoms with E-state index in [4.69, 9.17) is 0 Å². The zero-order valence-electron chi connectivity index (χ0n) is 12.4. The molecule has 1 heterocycles. The number of aromatic nitrogens is 2. The predicted molar refractivity (Wildman–Crippen MR) is 78.2 cm³/mol. The minimum absolute atomic E-state index is 0.198. The third-order valence-electron chi connectivity index (χ3n) is 3.27. The summed E-state index contributed by atoms with van der Waals surface area (Å²) in [5.74, 6) is -0.198. The van der Waals surface area contributed by atoms with Crippen LogP contribution in [0.15, 0.2) is 24.5 Å². The van der Waals surface area contributed by atoms with Crippen molar-refractivity contribution in [1.82, 2.24) is 15.3 Å². The molecule has 1 N–H and O–H groups in total. The zero-order valence-corrected chi connectivity index (χ0v) is 12.4. The summed E-state index contributed by atoms with van der Waals surface area (Å²) in [6, 6.07) is 3.28. The number of hydrogen-bond donors (Lipinski definition) is 1. The van der Waals surface area contributed by atoms with E-state index >= 15 is 0 Å². The van der Waals surface area contributed by atoms with Gasteiger partial charge in [-0.15, -0.1) is 0 Å². The van der Waals surface area contributed by atoms with Crippen molar-refractivity contribution in [3.05, 3.63) is 58.4 Å². The Kier molecular flexibility index (Phi) is 4.45. The molecule has 20 heavy (non-hydrogen) atoms. The Morgan fingerprint density at radius 1 is 1.15 bits per heavy atom. The van der Waals surface area contributed by atoms with Crippen molar-refractivity contribution in [3.8, 4) is 0 Å². The first-order chi connectivity index (χ1) is 9.52. The third kappa shape index (κ3) is 3.02. The van der Waals surface area contributed by atoms with Crippen molar-refractivity contribution >= 4 is 0 Å². The summed E-state index contributed by atoms with van der Waals surface area (Å²) in [6.07, 6.45) is 3.42. The summed E-state index contributed by atoms with van der Waals surface area (Å²) in [7, 11) is 0. The average molecular weight is 273 g/mol. The molecule has 1 atom stereocenters. The first-order valence-corrected chi connectivity index (χ1v) is 6.81. The van der Waals surface area contributed by atoms with Crippen LogP contribution in [-0.4, -0.2) is 16.5 Å². The Labute approximate surface area is 119 Å². The number of hydrogen-bond acceptors (Lipinski definition) is 3. The number of nitrogens with one attached hydrogen (secondary N) is 1. The Hall–Kier alpha value is -1.81. The van der Waals surface area contributed by atoms with E-state index in [1.165, 1.54) is 0 Å². The molecule has 0 saturated carbocycles. The Balaban J connectivity index is 2.51. The minimum atomic E-state index is -0.270. The first kappa shape index (κ1) is 14.6. The molecule has 0 aliphatic carbocycles. The quantitative estimate of drug-likeness (QED) is 0.929. The van der Waals surface area contributed by atoms with Gasteiger partial charge in [0.1, 0.15) is 5.82 Å². The number of benzene rings is 1. The maximum absolute atomic E-state index is 14.4. The summed E-state index contributed by atoms with van der Waals surface area (Å²) in [4.78, 5) is 8.65. The van der Waals surface area contributed by atoms with E-state index in [2.05, 4.69) is 15.3 Å². The maximum Gasteiger partial charge on any atom is 0.128 e. The highest BCUT2D eigenvalue weighted by Gasteiger charge is 2.21. The highest BCUT2D eigenvalue weighted by Crippen LogP contribution is 2.27. The summed E-state index contributed by atoms with van der Waals surface area (Å²) < 4.78 is 14.4. The van der Waals surface area contributed by atoms with E-state index in [0.717, 1.165) is 29.1 Å². The lowest BCUT2D eigenvalue weighted by molar-refractivity contribution is 0.546. The molecular formula is C16H20FN3. The van der Waals surface area contributed by atoms with Gasteiger partial charge in [0, 0.05) is 11.8 Å². The molecule has 1 unspecified atom stereocenters. The number of nitrogens with zero attached hydrogens (tertiary/aromatic N) is 2. The topological polar surface area (TPSA) is 37.8 Å². The van der Waals surface area contributed by atoms with E-state index in [1.807, 2.05) is 33.8 Å². The van der Waals surface area contributed by atoms with Crippen LogP contribution in [0.25, 0.3) is 0 Å². The molecular weight excluding hydrogens is 253 g/mol. The highest BCUT2D eigenvalue weighted by molar-refractivity contribution is 5.38. The fraction of sp³-hybridized carbons (Fsp3) is 0.375. The zero-order chi connectivity index (χ0) is 14.7. The van der Waals surface area contributed by atoms with E-state index in [1.54, 1.807) is 18.5 Å². The van der Waals surface area contributed by atoms with Crippen LogP contribution in [0.2, 0.25) is 0 Å². The smallest absolute Gasteiger partial charge is 0.128 e. The summed E-state index contributed by atoms with van der Waals surface area (Å²) >= 11 is 0. The lowest BCUT2D eigenvalue weighted by Gasteiger charge is -2.21. The molecule has 1 aromatic carbocycles. The SMILES string of the molecule is CCNC(c1cnc(C)cn1)c1c(C)cc(C)cc1F. The van der Waals surface area contributed by atoms with E-state index in [0.29, 0.717) is 5.56 Å². The molecule has 0 bridgehead atoms. The third-order valence-corrected chi connectivity index (χ3v) is 3.27. The largest absolute Gasteiger partial charge is 0.305 e. The van der Waals surface area contributed by atoms with Crippen LogP contribution in [-0.2, 0) is 0 Å². The summed E-state index contributed by atoms with van der Waals surface area (Å²) in [5, 5.41) is 3.29. The monoisotopic (exact) mass is 273 g/mol. The van der Waals surface area contributed by atoms with Gasteiger partial charge in [-0.1, -0.05) is 13.0 Å². The summed E-state index contributed by atoms with van der Waals surface area (Å²) in [6.45, 7) is 8.44. The van der Waals surface area contributed by atoms with Gasteiger partial charge in [-0.2, -0.15) is 0 Å². The fourth-order valence-corrected chi connectivity index (χ4v) is 2.40. The molecule has 4 heteroatoms. The summed E-state index contributed by atoms with van der Waals surface area (Å²) in [5.41, 5.74) is 4.09. The van der Waals surface area contributed by atoms with Crippen molar-refractivity contribution < 1.29 is 4.39 Å². The molecule has 0 spiro atoms. The number of halogens is 1. The molecule has 0 aliphatic heterocycles. The minimum Gasteiger partial charge on any atom is -0.305 e. The predicted octanol–water partition coefficient (Wildman–Crippen LogP) is 3.24. The molecule has 2 aromatic rings. The second-order valence-electron chi connectivity index (χ2n) is 5.05. The lowest BCUT2D eigenvalue weighted by atomic mass is 9.96. The molecule has 0 saturated heterocycles. The van der Waals surface area contributed by atoms with Crippen LogP contribution in [0.3, 0.4) is 0 Å². The van der Waals surface area contributed by atoms with Crippen LogP contribution in [0.5, 0.6) is 0 Å². The molecule has 2 rings (SSSR count). The van der Waals surface area contributed by atoms with Gasteiger partial charge < -0.3 is 5.32 Å². The normalized spacial score (nSPS) is 12.4.